The van der Waals surface area contributed by atoms with Crippen LogP contribution in [0.2, 0.25) is 0 Å². The molecule has 4 nitrogen and oxygen atoms in total. The molecule has 4 rings (SSSR count). The highest BCUT2D eigenvalue weighted by atomic mass is 32.1. The number of nitrogens with zero attached hydrogens (tertiary/aromatic N) is 1. The summed E-state index contributed by atoms with van der Waals surface area (Å²) >= 11 is 5.45. The second-order valence-electron chi connectivity index (χ2n) is 6.15. The van der Waals surface area contributed by atoms with Crippen molar-refractivity contribution in [3.05, 3.63) is 66.5 Å². The number of allylic oxidation sites excluding steroid dienone is 2. The number of ether oxygens (including phenoxy) is 3. The third-order valence-corrected chi connectivity index (χ3v) is 4.92. The van der Waals surface area contributed by atoms with Crippen molar-refractivity contribution < 1.29 is 14.2 Å². The zero-order chi connectivity index (χ0) is 17.1. The second kappa shape index (κ2) is 7.04. The van der Waals surface area contributed by atoms with Gasteiger partial charge < -0.3 is 14.2 Å². The monoisotopic (exact) mass is 353 g/mol. The van der Waals surface area contributed by atoms with E-state index < -0.39 is 5.79 Å². The van der Waals surface area contributed by atoms with E-state index in [9.17, 15) is 0 Å². The standard InChI is InChI=1S/C20H19NO3S/c25-18-8-4-5-15(18)13-20(22-11-12-23-20)19-10-9-17(14-21-19)24-16-6-2-1-3-7-16/h1-7,9-10,14-15H,8,11-13H2. The Morgan fingerprint density at radius 3 is 2.52 bits per heavy atom. The number of pyridine rings is 1. The summed E-state index contributed by atoms with van der Waals surface area (Å²) in [6, 6.07) is 13.4. The molecule has 1 unspecified atom stereocenters. The van der Waals surface area contributed by atoms with E-state index in [1.165, 1.54) is 0 Å². The third kappa shape index (κ3) is 3.49. The summed E-state index contributed by atoms with van der Waals surface area (Å²) in [5.74, 6) is 0.824. The Bertz CT molecular complexity index is 767. The van der Waals surface area contributed by atoms with Crippen LogP contribution in [0.15, 0.2) is 60.8 Å². The Labute approximate surface area is 152 Å². The van der Waals surface area contributed by atoms with Crippen LogP contribution in [0.3, 0.4) is 0 Å². The normalized spacial score (nSPS) is 21.6. The van der Waals surface area contributed by atoms with Crippen molar-refractivity contribution in [1.29, 1.82) is 0 Å². The van der Waals surface area contributed by atoms with Crippen molar-refractivity contribution in [3.8, 4) is 11.5 Å². The average molecular weight is 353 g/mol. The summed E-state index contributed by atoms with van der Waals surface area (Å²) in [6.45, 7) is 1.13. The first-order valence-corrected chi connectivity index (χ1v) is 8.83. The highest BCUT2D eigenvalue weighted by Gasteiger charge is 2.42. The first kappa shape index (κ1) is 16.4. The van der Waals surface area contributed by atoms with Gasteiger partial charge in [0.1, 0.15) is 11.5 Å². The quantitative estimate of drug-likeness (QED) is 0.588. The lowest BCUT2D eigenvalue weighted by Gasteiger charge is -2.29. The summed E-state index contributed by atoms with van der Waals surface area (Å²) < 4.78 is 17.8. The lowest BCUT2D eigenvalue weighted by atomic mass is 9.95. The van der Waals surface area contributed by atoms with Crippen molar-refractivity contribution in [1.82, 2.24) is 4.98 Å². The molecule has 1 aromatic carbocycles. The molecule has 1 aliphatic heterocycles. The minimum atomic E-state index is -0.825. The van der Waals surface area contributed by atoms with Crippen molar-refractivity contribution in [2.45, 2.75) is 18.6 Å². The molecule has 0 radical (unpaired) electrons. The van der Waals surface area contributed by atoms with Gasteiger partial charge in [0.15, 0.2) is 0 Å². The predicted octanol–water partition coefficient (Wildman–Crippen LogP) is 4.41. The molecule has 1 aromatic heterocycles. The second-order valence-corrected chi connectivity index (χ2v) is 6.68. The molecule has 128 valence electrons. The maximum absolute atomic E-state index is 5.98. The van der Waals surface area contributed by atoms with Gasteiger partial charge in [0, 0.05) is 17.2 Å². The topological polar surface area (TPSA) is 40.6 Å². The number of rotatable bonds is 5. The fourth-order valence-corrected chi connectivity index (χ4v) is 3.45. The molecule has 1 saturated heterocycles. The van der Waals surface area contributed by atoms with Crippen molar-refractivity contribution in [3.63, 3.8) is 0 Å². The lowest BCUT2D eigenvalue weighted by Crippen LogP contribution is -2.32. The molecule has 5 heteroatoms. The summed E-state index contributed by atoms with van der Waals surface area (Å²) in [7, 11) is 0. The van der Waals surface area contributed by atoms with Gasteiger partial charge in [-0.15, -0.1) is 0 Å². The van der Waals surface area contributed by atoms with Crippen LogP contribution in [-0.4, -0.2) is 23.1 Å². The molecule has 25 heavy (non-hydrogen) atoms. The van der Waals surface area contributed by atoms with Crippen LogP contribution in [0.25, 0.3) is 0 Å². The minimum absolute atomic E-state index is 0.190. The van der Waals surface area contributed by atoms with Gasteiger partial charge in [0.25, 0.3) is 0 Å². The van der Waals surface area contributed by atoms with Crippen molar-refractivity contribution in [2.75, 3.05) is 13.2 Å². The number of aromatic nitrogens is 1. The van der Waals surface area contributed by atoms with Crippen LogP contribution < -0.4 is 4.74 Å². The summed E-state index contributed by atoms with van der Waals surface area (Å²) in [6.07, 6.45) is 7.47. The Kier molecular flexibility index (Phi) is 4.61. The number of para-hydroxylation sites is 1. The van der Waals surface area contributed by atoms with E-state index in [0.29, 0.717) is 25.4 Å². The Morgan fingerprint density at radius 2 is 1.88 bits per heavy atom. The van der Waals surface area contributed by atoms with Crippen LogP contribution in [0, 0.1) is 5.92 Å². The minimum Gasteiger partial charge on any atom is -0.456 e. The van der Waals surface area contributed by atoms with E-state index in [-0.39, 0.29) is 5.92 Å². The zero-order valence-corrected chi connectivity index (χ0v) is 14.6. The molecule has 1 atom stereocenters. The van der Waals surface area contributed by atoms with Crippen LogP contribution in [0.5, 0.6) is 11.5 Å². The third-order valence-electron chi connectivity index (χ3n) is 4.45. The number of hydrogen-bond acceptors (Lipinski definition) is 5. The van der Waals surface area contributed by atoms with Gasteiger partial charge in [-0.25, -0.2) is 0 Å². The molecule has 0 N–H and O–H groups in total. The molecule has 2 aliphatic rings. The van der Waals surface area contributed by atoms with Gasteiger partial charge in [-0.05, 0) is 30.7 Å². The highest BCUT2D eigenvalue weighted by Crippen LogP contribution is 2.39. The van der Waals surface area contributed by atoms with E-state index in [4.69, 9.17) is 26.4 Å². The van der Waals surface area contributed by atoms with Crippen LogP contribution in [0.1, 0.15) is 18.5 Å². The summed E-state index contributed by atoms with van der Waals surface area (Å²) in [4.78, 5) is 5.58. The maximum atomic E-state index is 5.98. The molecule has 1 aliphatic carbocycles. The Morgan fingerprint density at radius 1 is 1.08 bits per heavy atom. The fourth-order valence-electron chi connectivity index (χ4n) is 3.19. The highest BCUT2D eigenvalue weighted by molar-refractivity contribution is 7.80. The number of thiocarbonyl (C=S) groups is 1. The molecule has 0 amide bonds. The molecular formula is C20H19NO3S. The van der Waals surface area contributed by atoms with Crippen LogP contribution in [-0.2, 0) is 15.3 Å². The number of benzene rings is 1. The summed E-state index contributed by atoms with van der Waals surface area (Å²) in [5, 5.41) is 0. The smallest absolute Gasteiger partial charge is 0.213 e. The van der Waals surface area contributed by atoms with Gasteiger partial charge in [0.2, 0.25) is 5.79 Å². The van der Waals surface area contributed by atoms with E-state index in [0.717, 1.165) is 22.7 Å². The first-order valence-electron chi connectivity index (χ1n) is 8.42. The van der Waals surface area contributed by atoms with E-state index >= 15 is 0 Å². The van der Waals surface area contributed by atoms with Gasteiger partial charge in [-0.2, -0.15) is 0 Å². The molecule has 2 heterocycles. The Balaban J connectivity index is 1.54. The van der Waals surface area contributed by atoms with Crippen LogP contribution in [0.4, 0.5) is 0 Å². The van der Waals surface area contributed by atoms with Gasteiger partial charge >= 0.3 is 0 Å². The van der Waals surface area contributed by atoms with Gasteiger partial charge in [0.05, 0.1) is 25.1 Å². The molecule has 1 fully saturated rings. The van der Waals surface area contributed by atoms with Gasteiger partial charge in [-0.3, -0.25) is 4.98 Å². The fraction of sp³-hybridized carbons (Fsp3) is 0.300. The SMILES string of the molecule is S=C1CC=CC1CC1(c2ccc(Oc3ccccc3)cn2)OCCO1. The number of hydrogen-bond donors (Lipinski definition) is 0. The molecule has 0 spiro atoms. The average Bonchev–Trinajstić information content (AvgIpc) is 3.27. The lowest BCUT2D eigenvalue weighted by molar-refractivity contribution is -0.176. The maximum Gasteiger partial charge on any atom is 0.213 e. The van der Waals surface area contributed by atoms with E-state index in [2.05, 4.69) is 17.1 Å². The first-order chi connectivity index (χ1) is 12.3. The summed E-state index contributed by atoms with van der Waals surface area (Å²) in [5.41, 5.74) is 0.758. The van der Waals surface area contributed by atoms with E-state index in [1.54, 1.807) is 6.20 Å². The predicted molar refractivity (Wildman–Crippen MR) is 98.8 cm³/mol. The molecular weight excluding hydrogens is 334 g/mol. The van der Waals surface area contributed by atoms with Gasteiger partial charge in [-0.1, -0.05) is 42.6 Å². The van der Waals surface area contributed by atoms with Crippen LogP contribution >= 0.6 is 12.2 Å². The van der Waals surface area contributed by atoms with Crippen molar-refractivity contribution in [2.24, 2.45) is 5.92 Å². The van der Waals surface area contributed by atoms with Crippen molar-refractivity contribution >= 4 is 17.1 Å². The van der Waals surface area contributed by atoms with E-state index in [1.807, 2.05) is 42.5 Å². The zero-order valence-electron chi connectivity index (χ0n) is 13.8. The largest absolute Gasteiger partial charge is 0.456 e. The molecule has 0 bridgehead atoms. The molecule has 2 aromatic rings. The molecule has 0 saturated carbocycles. The Hall–Kier alpha value is -2.08.